The predicted octanol–water partition coefficient (Wildman–Crippen LogP) is 2.42. The molecule has 1 aromatic heterocycles. The van der Waals surface area contributed by atoms with Crippen molar-refractivity contribution in [2.75, 3.05) is 0 Å². The van der Waals surface area contributed by atoms with E-state index in [4.69, 9.17) is 12.2 Å². The van der Waals surface area contributed by atoms with E-state index in [1.165, 1.54) is 9.13 Å². The Labute approximate surface area is 126 Å². The van der Waals surface area contributed by atoms with Crippen molar-refractivity contribution in [1.82, 2.24) is 9.13 Å². The van der Waals surface area contributed by atoms with Gasteiger partial charge in [0.05, 0.1) is 5.69 Å². The Kier molecular flexibility index (Phi) is 3.10. The summed E-state index contributed by atoms with van der Waals surface area (Å²) in [6.07, 6.45) is 3.33. The van der Waals surface area contributed by atoms with E-state index in [1.54, 1.807) is 26.4 Å². The van der Waals surface area contributed by atoms with Gasteiger partial charge >= 0.3 is 0 Å². The molecule has 2 heterocycles. The van der Waals surface area contributed by atoms with Crippen LogP contribution in [0.1, 0.15) is 11.1 Å². The van der Waals surface area contributed by atoms with Crippen molar-refractivity contribution in [2.45, 2.75) is 0 Å². The molecule has 21 heavy (non-hydrogen) atoms. The Morgan fingerprint density at radius 2 is 1.95 bits per heavy atom. The van der Waals surface area contributed by atoms with Gasteiger partial charge in [0.25, 0.3) is 5.56 Å². The molecule has 0 saturated carbocycles. The van der Waals surface area contributed by atoms with Crippen molar-refractivity contribution < 1.29 is 5.11 Å². The molecule has 1 aliphatic heterocycles. The number of nitrogens with zero attached hydrogens (tertiary/aromatic N) is 3. The van der Waals surface area contributed by atoms with Gasteiger partial charge in [0.15, 0.2) is 4.77 Å². The third-order valence-corrected chi connectivity index (χ3v) is 4.07. The van der Waals surface area contributed by atoms with Gasteiger partial charge < -0.3 is 5.11 Å². The minimum absolute atomic E-state index is 0.145. The lowest BCUT2D eigenvalue weighted by atomic mass is 10.1. The maximum atomic E-state index is 12.3. The summed E-state index contributed by atoms with van der Waals surface area (Å²) < 4.78 is 3.00. The summed E-state index contributed by atoms with van der Waals surface area (Å²) in [5.74, 6) is -0.145. The largest absolute Gasteiger partial charge is 0.494 e. The monoisotopic (exact) mass is 299 g/mol. The summed E-state index contributed by atoms with van der Waals surface area (Å²) in [7, 11) is 3.21. The van der Waals surface area contributed by atoms with Crippen LogP contribution in [0.2, 0.25) is 0 Å². The summed E-state index contributed by atoms with van der Waals surface area (Å²) >= 11 is 5.09. The summed E-state index contributed by atoms with van der Waals surface area (Å²) in [6.45, 7) is 0. The van der Waals surface area contributed by atoms with E-state index in [2.05, 4.69) is 4.99 Å². The van der Waals surface area contributed by atoms with Gasteiger partial charge in [-0.3, -0.25) is 18.9 Å². The minimum Gasteiger partial charge on any atom is -0.494 e. The fourth-order valence-electron chi connectivity index (χ4n) is 2.30. The standard InChI is InChI=1S/C15H13N3O2S/c1-17-13(19)11(14(20)18(2)15(17)21)7-9-8-16-12-6-4-3-5-10(9)12/h3-8,19H,1-2H3/b9-7+. The maximum Gasteiger partial charge on any atom is 0.265 e. The lowest BCUT2D eigenvalue weighted by Crippen LogP contribution is -2.24. The molecule has 1 N–H and O–H groups in total. The van der Waals surface area contributed by atoms with Crippen LogP contribution in [0.5, 0.6) is 5.88 Å². The first-order valence-corrected chi connectivity index (χ1v) is 6.75. The van der Waals surface area contributed by atoms with Crippen LogP contribution in [0.25, 0.3) is 11.6 Å². The lowest BCUT2D eigenvalue weighted by molar-refractivity contribution is 0.414. The van der Waals surface area contributed by atoms with Gasteiger partial charge in [-0.1, -0.05) is 18.2 Å². The van der Waals surface area contributed by atoms with Crippen molar-refractivity contribution in [1.29, 1.82) is 0 Å². The summed E-state index contributed by atoms with van der Waals surface area (Å²) in [6, 6.07) is 7.64. The summed E-state index contributed by atoms with van der Waals surface area (Å²) in [5.41, 5.74) is 2.44. The van der Waals surface area contributed by atoms with E-state index in [1.807, 2.05) is 24.3 Å². The van der Waals surface area contributed by atoms with Crippen LogP contribution in [0.4, 0.5) is 5.69 Å². The van der Waals surface area contributed by atoms with Crippen molar-refractivity contribution in [2.24, 2.45) is 19.1 Å². The second-order valence-electron chi connectivity index (χ2n) is 4.82. The Bertz CT molecular complexity index is 919. The number of aromatic nitrogens is 2. The average molecular weight is 299 g/mol. The highest BCUT2D eigenvalue weighted by atomic mass is 32.1. The number of para-hydroxylation sites is 1. The Balaban J connectivity index is 2.26. The highest BCUT2D eigenvalue weighted by Gasteiger charge is 2.15. The molecule has 5 nitrogen and oxygen atoms in total. The SMILES string of the molecule is Cn1c(O)c(/C=C2\C=Nc3ccccc32)c(=O)n(C)c1=S. The molecule has 0 fully saturated rings. The molecule has 1 aromatic carbocycles. The number of aromatic hydroxyl groups is 1. The van der Waals surface area contributed by atoms with Crippen molar-refractivity contribution in [3.05, 3.63) is 50.5 Å². The van der Waals surface area contributed by atoms with Crippen LogP contribution in [0.15, 0.2) is 34.1 Å². The zero-order chi connectivity index (χ0) is 15.1. The first-order chi connectivity index (χ1) is 10.0. The number of allylic oxidation sites excluding steroid dienone is 1. The number of aliphatic imine (C=N–C) groups is 1. The van der Waals surface area contributed by atoms with Gasteiger partial charge in [-0.05, 0) is 24.4 Å². The number of hydrogen-bond acceptors (Lipinski definition) is 4. The van der Waals surface area contributed by atoms with E-state index in [-0.39, 0.29) is 21.8 Å². The average Bonchev–Trinajstić information content (AvgIpc) is 2.91. The zero-order valence-electron chi connectivity index (χ0n) is 11.6. The number of hydrogen-bond donors (Lipinski definition) is 1. The highest BCUT2D eigenvalue weighted by Crippen LogP contribution is 2.32. The van der Waals surface area contributed by atoms with Crippen molar-refractivity contribution in [3.63, 3.8) is 0 Å². The first-order valence-electron chi connectivity index (χ1n) is 6.35. The van der Waals surface area contributed by atoms with E-state index in [0.717, 1.165) is 16.8 Å². The van der Waals surface area contributed by atoms with Gasteiger partial charge in [0, 0.05) is 31.4 Å². The van der Waals surface area contributed by atoms with E-state index < -0.39 is 0 Å². The van der Waals surface area contributed by atoms with Crippen LogP contribution in [-0.4, -0.2) is 20.5 Å². The molecule has 106 valence electrons. The number of rotatable bonds is 1. The molecule has 0 amide bonds. The molecular weight excluding hydrogens is 286 g/mol. The number of fused-ring (bicyclic) bond motifs is 1. The Morgan fingerprint density at radius 1 is 1.24 bits per heavy atom. The fourth-order valence-corrected chi connectivity index (χ4v) is 2.46. The second kappa shape index (κ2) is 4.82. The van der Waals surface area contributed by atoms with E-state index >= 15 is 0 Å². The molecular formula is C15H13N3O2S. The topological polar surface area (TPSA) is 59.5 Å². The molecule has 0 saturated heterocycles. The smallest absolute Gasteiger partial charge is 0.265 e. The van der Waals surface area contributed by atoms with Gasteiger partial charge in [-0.25, -0.2) is 0 Å². The van der Waals surface area contributed by atoms with Crippen LogP contribution in [0.3, 0.4) is 0 Å². The molecule has 6 heteroatoms. The van der Waals surface area contributed by atoms with Gasteiger partial charge in [-0.15, -0.1) is 0 Å². The fraction of sp³-hybridized carbons (Fsp3) is 0.133. The highest BCUT2D eigenvalue weighted by molar-refractivity contribution is 7.71. The van der Waals surface area contributed by atoms with Crippen LogP contribution in [0, 0.1) is 4.77 Å². The minimum atomic E-state index is -0.333. The molecule has 3 rings (SSSR count). The molecule has 0 unspecified atom stereocenters. The van der Waals surface area contributed by atoms with Crippen LogP contribution >= 0.6 is 12.2 Å². The molecule has 0 aliphatic carbocycles. The molecule has 0 spiro atoms. The van der Waals surface area contributed by atoms with E-state index in [9.17, 15) is 9.90 Å². The third kappa shape index (κ3) is 2.04. The zero-order valence-corrected chi connectivity index (χ0v) is 12.4. The van der Waals surface area contributed by atoms with Gasteiger partial charge in [0.1, 0.15) is 5.56 Å². The third-order valence-electron chi connectivity index (χ3n) is 3.53. The number of benzene rings is 1. The van der Waals surface area contributed by atoms with Gasteiger partial charge in [-0.2, -0.15) is 0 Å². The normalized spacial score (nSPS) is 14.7. The molecule has 0 bridgehead atoms. The van der Waals surface area contributed by atoms with Crippen LogP contribution in [-0.2, 0) is 14.1 Å². The molecule has 0 radical (unpaired) electrons. The van der Waals surface area contributed by atoms with Crippen molar-refractivity contribution >= 4 is 35.8 Å². The summed E-state index contributed by atoms with van der Waals surface area (Å²) in [5, 5.41) is 10.2. The Hall–Kier alpha value is -2.47. The molecule has 0 atom stereocenters. The predicted molar refractivity (Wildman–Crippen MR) is 85.6 cm³/mol. The van der Waals surface area contributed by atoms with E-state index in [0.29, 0.717) is 0 Å². The first kappa shape index (κ1) is 13.5. The lowest BCUT2D eigenvalue weighted by Gasteiger charge is -2.10. The molecule has 1 aliphatic rings. The maximum absolute atomic E-state index is 12.3. The quantitative estimate of drug-likeness (QED) is 0.823. The summed E-state index contributed by atoms with van der Waals surface area (Å²) in [4.78, 5) is 16.6. The van der Waals surface area contributed by atoms with Gasteiger partial charge in [0.2, 0.25) is 5.88 Å². The van der Waals surface area contributed by atoms with Crippen LogP contribution < -0.4 is 5.56 Å². The molecule has 2 aromatic rings. The van der Waals surface area contributed by atoms with Crippen molar-refractivity contribution in [3.8, 4) is 5.88 Å². The Morgan fingerprint density at radius 3 is 2.71 bits per heavy atom. The second-order valence-corrected chi connectivity index (χ2v) is 5.18.